The lowest BCUT2D eigenvalue weighted by Gasteiger charge is -2.29. The van der Waals surface area contributed by atoms with Crippen molar-refractivity contribution in [1.29, 1.82) is 0 Å². The lowest BCUT2D eigenvalue weighted by molar-refractivity contribution is 0.346. The van der Waals surface area contributed by atoms with E-state index < -0.39 is 0 Å². The van der Waals surface area contributed by atoms with Crippen LogP contribution in [0, 0.1) is 12.8 Å². The summed E-state index contributed by atoms with van der Waals surface area (Å²) in [6, 6.07) is 2.47. The highest BCUT2D eigenvalue weighted by atomic mass is 79.9. The molecule has 1 fully saturated rings. The fraction of sp³-hybridized carbons (Fsp3) is 0.615. The maximum Gasteiger partial charge on any atom is 0.140 e. The number of pyridine rings is 1. The molecule has 1 saturated heterocycles. The molecule has 2 unspecified atom stereocenters. The van der Waals surface area contributed by atoms with Crippen molar-refractivity contribution in [3.05, 3.63) is 22.3 Å². The molecule has 1 aliphatic heterocycles. The fourth-order valence-electron chi connectivity index (χ4n) is 2.28. The molecule has 0 radical (unpaired) electrons. The van der Waals surface area contributed by atoms with Gasteiger partial charge in [0, 0.05) is 12.2 Å². The van der Waals surface area contributed by atoms with Crippen LogP contribution >= 0.6 is 15.9 Å². The first-order valence-corrected chi connectivity index (χ1v) is 7.06. The minimum atomic E-state index is 0.452. The Labute approximate surface area is 112 Å². The van der Waals surface area contributed by atoms with Crippen LogP contribution in [0.25, 0.3) is 0 Å². The topological polar surface area (TPSA) is 37.0 Å². The fourth-order valence-corrected chi connectivity index (χ4v) is 2.63. The number of halogens is 1. The second-order valence-electron chi connectivity index (χ2n) is 4.83. The molecule has 2 rings (SSSR count). The molecular formula is C13H20BrN3. The summed E-state index contributed by atoms with van der Waals surface area (Å²) in [4.78, 5) is 4.40. The molecule has 0 saturated carbocycles. The maximum atomic E-state index is 4.40. The third kappa shape index (κ3) is 3.19. The van der Waals surface area contributed by atoms with E-state index in [4.69, 9.17) is 0 Å². The van der Waals surface area contributed by atoms with E-state index in [1.54, 1.807) is 0 Å². The second-order valence-corrected chi connectivity index (χ2v) is 5.62. The number of nitrogens with zero attached hydrogens (tertiary/aromatic N) is 1. The smallest absolute Gasteiger partial charge is 0.140 e. The number of aryl methyl sites for hydroxylation is 1. The van der Waals surface area contributed by atoms with Gasteiger partial charge in [0.05, 0.1) is 4.47 Å². The third-order valence-corrected chi connectivity index (χ3v) is 4.49. The quantitative estimate of drug-likeness (QED) is 0.901. The van der Waals surface area contributed by atoms with Gasteiger partial charge in [0.25, 0.3) is 0 Å². The van der Waals surface area contributed by atoms with Gasteiger partial charge in [-0.15, -0.1) is 0 Å². The monoisotopic (exact) mass is 297 g/mol. The average molecular weight is 298 g/mol. The highest BCUT2D eigenvalue weighted by molar-refractivity contribution is 9.10. The molecule has 0 aliphatic carbocycles. The predicted octanol–water partition coefficient (Wildman–Crippen LogP) is 2.95. The SMILES string of the molecule is Cc1ccnc(NC(C)C2CCCNC2)c1Br. The number of piperidine rings is 1. The number of nitrogens with one attached hydrogen (secondary N) is 2. The summed E-state index contributed by atoms with van der Waals surface area (Å²) >= 11 is 3.59. The van der Waals surface area contributed by atoms with Gasteiger partial charge < -0.3 is 10.6 Å². The van der Waals surface area contributed by atoms with Gasteiger partial charge in [-0.05, 0) is 73.3 Å². The lowest BCUT2D eigenvalue weighted by atomic mass is 9.93. The van der Waals surface area contributed by atoms with E-state index in [9.17, 15) is 0 Å². The molecule has 1 aliphatic rings. The summed E-state index contributed by atoms with van der Waals surface area (Å²) in [6.07, 6.45) is 4.43. The van der Waals surface area contributed by atoms with Crippen LogP contribution < -0.4 is 10.6 Å². The Bertz CT molecular complexity index is 375. The zero-order valence-corrected chi connectivity index (χ0v) is 12.0. The van der Waals surface area contributed by atoms with Crippen molar-refractivity contribution in [3.63, 3.8) is 0 Å². The minimum absolute atomic E-state index is 0.452. The number of rotatable bonds is 3. The highest BCUT2D eigenvalue weighted by Crippen LogP contribution is 2.26. The van der Waals surface area contributed by atoms with E-state index >= 15 is 0 Å². The standard InChI is InChI=1S/C13H20BrN3/c1-9-5-7-16-13(12(9)14)17-10(2)11-4-3-6-15-8-11/h5,7,10-11,15H,3-4,6,8H2,1-2H3,(H,16,17). The predicted molar refractivity (Wildman–Crippen MR) is 75.4 cm³/mol. The van der Waals surface area contributed by atoms with Gasteiger partial charge >= 0.3 is 0 Å². The van der Waals surface area contributed by atoms with Crippen LogP contribution in [0.15, 0.2) is 16.7 Å². The van der Waals surface area contributed by atoms with Crippen LogP contribution in [0.2, 0.25) is 0 Å². The Kier molecular flexibility index (Phi) is 4.40. The second kappa shape index (κ2) is 5.83. The van der Waals surface area contributed by atoms with Gasteiger partial charge in [-0.3, -0.25) is 0 Å². The molecule has 2 atom stereocenters. The number of anilines is 1. The summed E-state index contributed by atoms with van der Waals surface area (Å²) in [5, 5.41) is 6.98. The summed E-state index contributed by atoms with van der Waals surface area (Å²) in [6.45, 7) is 6.60. The van der Waals surface area contributed by atoms with E-state index in [2.05, 4.69) is 45.4 Å². The number of hydrogen-bond donors (Lipinski definition) is 2. The maximum absolute atomic E-state index is 4.40. The van der Waals surface area contributed by atoms with Gasteiger partial charge in [-0.2, -0.15) is 0 Å². The van der Waals surface area contributed by atoms with E-state index in [1.807, 2.05) is 12.3 Å². The minimum Gasteiger partial charge on any atom is -0.366 e. The Morgan fingerprint density at radius 2 is 2.41 bits per heavy atom. The molecular weight excluding hydrogens is 278 g/mol. The zero-order chi connectivity index (χ0) is 12.3. The van der Waals surface area contributed by atoms with Crippen LogP contribution in [0.1, 0.15) is 25.3 Å². The Hall–Kier alpha value is -0.610. The molecule has 94 valence electrons. The van der Waals surface area contributed by atoms with Crippen molar-refractivity contribution >= 4 is 21.7 Å². The number of hydrogen-bond acceptors (Lipinski definition) is 3. The van der Waals surface area contributed by atoms with Crippen molar-refractivity contribution in [2.75, 3.05) is 18.4 Å². The third-order valence-electron chi connectivity index (χ3n) is 3.49. The van der Waals surface area contributed by atoms with Crippen LogP contribution in [0.3, 0.4) is 0 Å². The lowest BCUT2D eigenvalue weighted by Crippen LogP contribution is -2.39. The van der Waals surface area contributed by atoms with E-state index in [-0.39, 0.29) is 0 Å². The van der Waals surface area contributed by atoms with Gasteiger partial charge in [-0.1, -0.05) is 0 Å². The van der Waals surface area contributed by atoms with Crippen LogP contribution in [0.5, 0.6) is 0 Å². The van der Waals surface area contributed by atoms with E-state index in [0.717, 1.165) is 23.4 Å². The molecule has 0 spiro atoms. The molecule has 0 bridgehead atoms. The van der Waals surface area contributed by atoms with Crippen molar-refractivity contribution in [3.8, 4) is 0 Å². The van der Waals surface area contributed by atoms with Crippen LogP contribution in [-0.2, 0) is 0 Å². The van der Waals surface area contributed by atoms with Gasteiger partial charge in [-0.25, -0.2) is 4.98 Å². The largest absolute Gasteiger partial charge is 0.366 e. The van der Waals surface area contributed by atoms with Crippen molar-refractivity contribution < 1.29 is 0 Å². The summed E-state index contributed by atoms with van der Waals surface area (Å²) in [5.41, 5.74) is 1.22. The Morgan fingerprint density at radius 1 is 1.59 bits per heavy atom. The normalized spacial score (nSPS) is 22.2. The van der Waals surface area contributed by atoms with Crippen LogP contribution in [0.4, 0.5) is 5.82 Å². The van der Waals surface area contributed by atoms with Gasteiger partial charge in [0.15, 0.2) is 0 Å². The average Bonchev–Trinajstić information content (AvgIpc) is 2.36. The number of aromatic nitrogens is 1. The van der Waals surface area contributed by atoms with Crippen molar-refractivity contribution in [1.82, 2.24) is 10.3 Å². The summed E-state index contributed by atoms with van der Waals surface area (Å²) in [5.74, 6) is 1.65. The highest BCUT2D eigenvalue weighted by Gasteiger charge is 2.20. The molecule has 1 aromatic rings. The molecule has 1 aromatic heterocycles. The van der Waals surface area contributed by atoms with Crippen molar-refractivity contribution in [2.45, 2.75) is 32.7 Å². The molecule has 2 N–H and O–H groups in total. The first-order chi connectivity index (χ1) is 8.18. The molecule has 17 heavy (non-hydrogen) atoms. The van der Waals surface area contributed by atoms with E-state index in [0.29, 0.717) is 12.0 Å². The molecule has 3 nitrogen and oxygen atoms in total. The van der Waals surface area contributed by atoms with Gasteiger partial charge in [0.2, 0.25) is 0 Å². The first-order valence-electron chi connectivity index (χ1n) is 6.27. The van der Waals surface area contributed by atoms with Gasteiger partial charge in [0.1, 0.15) is 5.82 Å². The molecule has 0 amide bonds. The Balaban J connectivity index is 2.01. The zero-order valence-electron chi connectivity index (χ0n) is 10.5. The summed E-state index contributed by atoms with van der Waals surface area (Å²) < 4.78 is 1.08. The summed E-state index contributed by atoms with van der Waals surface area (Å²) in [7, 11) is 0. The van der Waals surface area contributed by atoms with E-state index in [1.165, 1.54) is 18.4 Å². The first kappa shape index (κ1) is 12.8. The molecule has 0 aromatic carbocycles. The molecule has 4 heteroatoms. The van der Waals surface area contributed by atoms with Crippen LogP contribution in [-0.4, -0.2) is 24.1 Å². The molecule has 2 heterocycles. The Morgan fingerprint density at radius 3 is 3.12 bits per heavy atom. The van der Waals surface area contributed by atoms with Crippen molar-refractivity contribution in [2.24, 2.45) is 5.92 Å².